The summed E-state index contributed by atoms with van der Waals surface area (Å²) in [5.74, 6) is 0. The Labute approximate surface area is 89.3 Å². The highest BCUT2D eigenvalue weighted by molar-refractivity contribution is 4.75. The molecule has 2 heteroatoms. The average molecular weight is 201 g/mol. The molecule has 0 aliphatic heterocycles. The number of aliphatic hydroxyl groups is 1. The number of hydrogen-bond acceptors (Lipinski definition) is 2. The predicted octanol–water partition coefficient (Wildman–Crippen LogP) is 2.66. The summed E-state index contributed by atoms with van der Waals surface area (Å²) in [7, 11) is 2.13. The predicted molar refractivity (Wildman–Crippen MR) is 62.5 cm³/mol. The summed E-state index contributed by atoms with van der Waals surface area (Å²) < 4.78 is 0. The van der Waals surface area contributed by atoms with Crippen molar-refractivity contribution in [1.82, 2.24) is 4.90 Å². The van der Waals surface area contributed by atoms with Crippen molar-refractivity contribution < 1.29 is 5.11 Å². The second-order valence-electron chi connectivity index (χ2n) is 4.17. The minimum absolute atomic E-state index is 0.146. The van der Waals surface area contributed by atoms with Crippen LogP contribution in [-0.4, -0.2) is 35.7 Å². The molecule has 0 saturated heterocycles. The van der Waals surface area contributed by atoms with E-state index in [9.17, 15) is 5.11 Å². The third-order valence-electron chi connectivity index (χ3n) is 2.88. The Hall–Kier alpha value is -0.0800. The van der Waals surface area contributed by atoms with Gasteiger partial charge in [0.2, 0.25) is 0 Å². The second kappa shape index (κ2) is 8.25. The van der Waals surface area contributed by atoms with Crippen molar-refractivity contribution in [2.24, 2.45) is 0 Å². The van der Waals surface area contributed by atoms with Gasteiger partial charge in [0.05, 0.1) is 6.10 Å². The molecule has 0 heterocycles. The van der Waals surface area contributed by atoms with Gasteiger partial charge in [0, 0.05) is 6.04 Å². The summed E-state index contributed by atoms with van der Waals surface area (Å²) in [6.07, 6.45) is 5.35. The van der Waals surface area contributed by atoms with E-state index in [4.69, 9.17) is 0 Å². The Morgan fingerprint density at radius 3 is 2.21 bits per heavy atom. The highest BCUT2D eigenvalue weighted by Gasteiger charge is 2.20. The summed E-state index contributed by atoms with van der Waals surface area (Å²) in [6.45, 7) is 7.60. The average Bonchev–Trinajstić information content (AvgIpc) is 2.16. The van der Waals surface area contributed by atoms with Gasteiger partial charge in [0.15, 0.2) is 0 Å². The Morgan fingerprint density at radius 2 is 1.79 bits per heavy atom. The van der Waals surface area contributed by atoms with E-state index < -0.39 is 0 Å². The molecule has 86 valence electrons. The molecule has 0 aromatic rings. The summed E-state index contributed by atoms with van der Waals surface area (Å²) >= 11 is 0. The molecule has 0 aliphatic carbocycles. The Bertz CT molecular complexity index is 127. The Kier molecular flexibility index (Phi) is 8.20. The van der Waals surface area contributed by atoms with Crippen molar-refractivity contribution in [3.63, 3.8) is 0 Å². The lowest BCUT2D eigenvalue weighted by atomic mass is 10.0. The van der Waals surface area contributed by atoms with Crippen LogP contribution in [0.5, 0.6) is 0 Å². The molecular formula is C12H27NO. The first kappa shape index (κ1) is 13.9. The lowest BCUT2D eigenvalue weighted by molar-refractivity contribution is 0.0536. The zero-order valence-electron chi connectivity index (χ0n) is 10.3. The minimum Gasteiger partial charge on any atom is -0.391 e. The van der Waals surface area contributed by atoms with Crippen LogP contribution in [0, 0.1) is 0 Å². The maximum absolute atomic E-state index is 9.94. The number of unbranched alkanes of at least 4 members (excludes halogenated alkanes) is 1. The van der Waals surface area contributed by atoms with E-state index in [-0.39, 0.29) is 6.10 Å². The van der Waals surface area contributed by atoms with Crippen LogP contribution in [0.25, 0.3) is 0 Å². The molecule has 0 aromatic heterocycles. The number of hydrogen-bond donors (Lipinski definition) is 1. The fourth-order valence-electron chi connectivity index (χ4n) is 1.94. The summed E-state index contributed by atoms with van der Waals surface area (Å²) in [5, 5.41) is 9.94. The standard InChI is InChI=1S/C12H27NO/c1-5-8-10-13(4)11(7-3)12(14)9-6-2/h11-12,14H,5-10H2,1-4H3. The molecule has 2 unspecified atom stereocenters. The molecule has 0 fully saturated rings. The lowest BCUT2D eigenvalue weighted by Crippen LogP contribution is -2.41. The van der Waals surface area contributed by atoms with E-state index in [1.54, 1.807) is 0 Å². The highest BCUT2D eigenvalue weighted by Crippen LogP contribution is 2.12. The largest absolute Gasteiger partial charge is 0.391 e. The van der Waals surface area contributed by atoms with Gasteiger partial charge in [-0.3, -0.25) is 0 Å². The maximum atomic E-state index is 9.94. The van der Waals surface area contributed by atoms with E-state index in [2.05, 4.69) is 32.7 Å². The fourth-order valence-corrected chi connectivity index (χ4v) is 1.94. The molecule has 2 atom stereocenters. The third kappa shape index (κ3) is 4.97. The fraction of sp³-hybridized carbons (Fsp3) is 1.00. The van der Waals surface area contributed by atoms with Crippen molar-refractivity contribution in [2.75, 3.05) is 13.6 Å². The van der Waals surface area contributed by atoms with Gasteiger partial charge < -0.3 is 10.0 Å². The first-order valence-electron chi connectivity index (χ1n) is 6.05. The third-order valence-corrected chi connectivity index (χ3v) is 2.88. The van der Waals surface area contributed by atoms with Gasteiger partial charge in [-0.2, -0.15) is 0 Å². The van der Waals surface area contributed by atoms with Crippen molar-refractivity contribution in [3.8, 4) is 0 Å². The molecule has 0 aliphatic rings. The Balaban J connectivity index is 3.96. The molecule has 2 nitrogen and oxygen atoms in total. The van der Waals surface area contributed by atoms with E-state index in [1.807, 2.05) is 0 Å². The zero-order chi connectivity index (χ0) is 11.0. The molecule has 0 amide bonds. The molecular weight excluding hydrogens is 174 g/mol. The maximum Gasteiger partial charge on any atom is 0.0695 e. The van der Waals surface area contributed by atoms with Crippen LogP contribution in [0.1, 0.15) is 52.9 Å². The molecule has 14 heavy (non-hydrogen) atoms. The van der Waals surface area contributed by atoms with E-state index in [0.29, 0.717) is 6.04 Å². The summed E-state index contributed by atoms with van der Waals surface area (Å²) in [6, 6.07) is 0.349. The van der Waals surface area contributed by atoms with Gasteiger partial charge >= 0.3 is 0 Å². The van der Waals surface area contributed by atoms with Crippen molar-refractivity contribution >= 4 is 0 Å². The van der Waals surface area contributed by atoms with Gasteiger partial charge in [-0.15, -0.1) is 0 Å². The summed E-state index contributed by atoms with van der Waals surface area (Å²) in [4.78, 5) is 2.31. The van der Waals surface area contributed by atoms with Gasteiger partial charge in [-0.05, 0) is 32.9 Å². The van der Waals surface area contributed by atoms with Crippen LogP contribution in [0.2, 0.25) is 0 Å². The number of aliphatic hydroxyl groups excluding tert-OH is 1. The van der Waals surface area contributed by atoms with E-state index in [1.165, 1.54) is 12.8 Å². The Morgan fingerprint density at radius 1 is 1.14 bits per heavy atom. The first-order chi connectivity index (χ1) is 6.67. The SMILES string of the molecule is CCCCN(C)C(CC)C(O)CCC. The van der Waals surface area contributed by atoms with Crippen molar-refractivity contribution in [3.05, 3.63) is 0 Å². The number of rotatable bonds is 8. The van der Waals surface area contributed by atoms with Crippen LogP contribution in [0.3, 0.4) is 0 Å². The van der Waals surface area contributed by atoms with Gasteiger partial charge in [-0.25, -0.2) is 0 Å². The van der Waals surface area contributed by atoms with Crippen LogP contribution >= 0.6 is 0 Å². The van der Waals surface area contributed by atoms with Crippen LogP contribution in [-0.2, 0) is 0 Å². The van der Waals surface area contributed by atoms with Crippen LogP contribution in [0.15, 0.2) is 0 Å². The quantitative estimate of drug-likeness (QED) is 0.652. The smallest absolute Gasteiger partial charge is 0.0695 e. The second-order valence-corrected chi connectivity index (χ2v) is 4.17. The number of likely N-dealkylation sites (N-methyl/N-ethyl adjacent to an activating group) is 1. The zero-order valence-corrected chi connectivity index (χ0v) is 10.3. The summed E-state index contributed by atoms with van der Waals surface area (Å²) in [5.41, 5.74) is 0. The monoisotopic (exact) mass is 201 g/mol. The molecule has 1 N–H and O–H groups in total. The molecule has 0 bridgehead atoms. The number of nitrogens with zero attached hydrogens (tertiary/aromatic N) is 1. The molecule has 0 saturated carbocycles. The molecule has 0 rings (SSSR count). The van der Waals surface area contributed by atoms with Crippen molar-refractivity contribution in [2.45, 2.75) is 65.0 Å². The van der Waals surface area contributed by atoms with Crippen molar-refractivity contribution in [1.29, 1.82) is 0 Å². The molecule has 0 radical (unpaired) electrons. The van der Waals surface area contributed by atoms with E-state index in [0.717, 1.165) is 25.8 Å². The van der Waals surface area contributed by atoms with Crippen LogP contribution < -0.4 is 0 Å². The van der Waals surface area contributed by atoms with E-state index >= 15 is 0 Å². The minimum atomic E-state index is -0.146. The lowest BCUT2D eigenvalue weighted by Gasteiger charge is -2.31. The highest BCUT2D eigenvalue weighted by atomic mass is 16.3. The van der Waals surface area contributed by atoms with Gasteiger partial charge in [0.25, 0.3) is 0 Å². The first-order valence-corrected chi connectivity index (χ1v) is 6.05. The normalized spacial score (nSPS) is 15.9. The topological polar surface area (TPSA) is 23.5 Å². The molecule has 0 aromatic carbocycles. The molecule has 0 spiro atoms. The van der Waals surface area contributed by atoms with Gasteiger partial charge in [0.1, 0.15) is 0 Å². The van der Waals surface area contributed by atoms with Gasteiger partial charge in [-0.1, -0.05) is 33.6 Å². The van der Waals surface area contributed by atoms with Crippen LogP contribution in [0.4, 0.5) is 0 Å².